The predicted molar refractivity (Wildman–Crippen MR) is 94.9 cm³/mol. The van der Waals surface area contributed by atoms with E-state index < -0.39 is 0 Å². The van der Waals surface area contributed by atoms with Gasteiger partial charge >= 0.3 is 6.03 Å². The molecule has 6 nitrogen and oxygen atoms in total. The van der Waals surface area contributed by atoms with Crippen molar-refractivity contribution in [3.8, 4) is 11.5 Å². The minimum Gasteiger partial charge on any atom is -0.468 e. The summed E-state index contributed by atoms with van der Waals surface area (Å²) in [5.41, 5.74) is 0.996. The molecule has 3 heterocycles. The number of carbonyl (C=O) groups excluding carboxylic acids is 1. The van der Waals surface area contributed by atoms with Crippen molar-refractivity contribution >= 4 is 17.8 Å². The van der Waals surface area contributed by atoms with Gasteiger partial charge in [0.2, 0.25) is 6.79 Å². The second-order valence-corrected chi connectivity index (χ2v) is 7.31. The fraction of sp³-hybridized carbons (Fsp3) is 0.389. The zero-order chi connectivity index (χ0) is 17.1. The van der Waals surface area contributed by atoms with Gasteiger partial charge in [0.15, 0.2) is 11.5 Å². The molecule has 2 aliphatic rings. The highest BCUT2D eigenvalue weighted by molar-refractivity contribution is 7.99. The van der Waals surface area contributed by atoms with Crippen LogP contribution in [0.3, 0.4) is 0 Å². The van der Waals surface area contributed by atoms with Crippen LogP contribution >= 0.6 is 11.8 Å². The summed E-state index contributed by atoms with van der Waals surface area (Å²) in [7, 11) is 0. The lowest BCUT2D eigenvalue weighted by Gasteiger charge is -2.20. The summed E-state index contributed by atoms with van der Waals surface area (Å²) in [5.74, 6) is 3.39. The van der Waals surface area contributed by atoms with Crippen molar-refractivity contribution in [2.24, 2.45) is 0 Å². The first-order valence-corrected chi connectivity index (χ1v) is 9.41. The molecule has 0 radical (unpaired) electrons. The van der Waals surface area contributed by atoms with E-state index in [1.807, 2.05) is 47.0 Å². The topological polar surface area (TPSA) is 63.9 Å². The van der Waals surface area contributed by atoms with E-state index >= 15 is 0 Å². The Balaban J connectivity index is 1.30. The number of carbonyl (C=O) groups is 1. The first-order valence-electron chi connectivity index (χ1n) is 8.36. The fourth-order valence-corrected chi connectivity index (χ4v) is 4.20. The Kier molecular flexibility index (Phi) is 4.74. The summed E-state index contributed by atoms with van der Waals surface area (Å²) in [6, 6.07) is 9.62. The van der Waals surface area contributed by atoms with E-state index in [1.54, 1.807) is 6.26 Å². The Bertz CT molecular complexity index is 735. The largest absolute Gasteiger partial charge is 0.468 e. The molecule has 2 aliphatic heterocycles. The van der Waals surface area contributed by atoms with Crippen LogP contribution in [0.4, 0.5) is 4.79 Å². The van der Waals surface area contributed by atoms with Crippen molar-refractivity contribution in [3.05, 3.63) is 47.9 Å². The number of benzene rings is 1. The summed E-state index contributed by atoms with van der Waals surface area (Å²) in [5, 5.41) is 3.32. The molecule has 1 atom stereocenters. The van der Waals surface area contributed by atoms with Gasteiger partial charge in [0.25, 0.3) is 0 Å². The minimum absolute atomic E-state index is 0.0293. The molecule has 0 saturated carbocycles. The van der Waals surface area contributed by atoms with E-state index in [2.05, 4.69) is 5.32 Å². The van der Waals surface area contributed by atoms with Crippen LogP contribution in [0.15, 0.2) is 41.0 Å². The van der Waals surface area contributed by atoms with Gasteiger partial charge in [0.05, 0.1) is 11.5 Å². The summed E-state index contributed by atoms with van der Waals surface area (Å²) >= 11 is 1.85. The van der Waals surface area contributed by atoms with Crippen LogP contribution in [0.1, 0.15) is 23.0 Å². The standard InChI is InChI=1S/C18H20N2O4S/c21-18(19-11-13-3-4-14-16(10-13)24-12-23-14)20-6-5-17(25-9-7-20)15-2-1-8-22-15/h1-4,8,10,17H,5-7,9,11-12H2,(H,19,21)/t17-/m1/s1. The Morgan fingerprint density at radius 3 is 3.04 bits per heavy atom. The molecule has 0 spiro atoms. The van der Waals surface area contributed by atoms with Crippen LogP contribution in [-0.2, 0) is 6.54 Å². The maximum atomic E-state index is 12.5. The van der Waals surface area contributed by atoms with Crippen LogP contribution in [0.2, 0.25) is 0 Å². The molecule has 2 amide bonds. The molecule has 25 heavy (non-hydrogen) atoms. The molecule has 1 fully saturated rings. The molecule has 2 aromatic rings. The van der Waals surface area contributed by atoms with E-state index in [1.165, 1.54) is 0 Å². The fourth-order valence-electron chi connectivity index (χ4n) is 3.02. The lowest BCUT2D eigenvalue weighted by molar-refractivity contribution is 0.174. The van der Waals surface area contributed by atoms with Crippen molar-refractivity contribution in [1.82, 2.24) is 10.2 Å². The van der Waals surface area contributed by atoms with Gasteiger partial charge in [-0.2, -0.15) is 0 Å². The average molecular weight is 360 g/mol. The normalized spacial score (nSPS) is 19.5. The Morgan fingerprint density at radius 1 is 1.24 bits per heavy atom. The van der Waals surface area contributed by atoms with Gasteiger partial charge in [0.1, 0.15) is 5.76 Å². The number of nitrogens with zero attached hydrogens (tertiary/aromatic N) is 1. The van der Waals surface area contributed by atoms with E-state index in [4.69, 9.17) is 13.9 Å². The third kappa shape index (κ3) is 3.71. The van der Waals surface area contributed by atoms with Crippen LogP contribution in [0.25, 0.3) is 0 Å². The van der Waals surface area contributed by atoms with Crippen molar-refractivity contribution in [2.45, 2.75) is 18.2 Å². The third-order valence-electron chi connectivity index (χ3n) is 4.37. The molecule has 0 aliphatic carbocycles. The number of fused-ring (bicyclic) bond motifs is 1. The molecule has 0 bridgehead atoms. The highest BCUT2D eigenvalue weighted by Crippen LogP contribution is 2.34. The molecule has 132 valence electrons. The van der Waals surface area contributed by atoms with Gasteiger partial charge in [-0.1, -0.05) is 6.07 Å². The highest BCUT2D eigenvalue weighted by Gasteiger charge is 2.23. The highest BCUT2D eigenvalue weighted by atomic mass is 32.2. The number of rotatable bonds is 3. The van der Waals surface area contributed by atoms with Crippen molar-refractivity contribution < 1.29 is 18.7 Å². The number of amides is 2. The van der Waals surface area contributed by atoms with Gasteiger partial charge < -0.3 is 24.1 Å². The number of nitrogens with one attached hydrogen (secondary N) is 1. The number of urea groups is 1. The molecule has 1 aromatic carbocycles. The van der Waals surface area contributed by atoms with Crippen LogP contribution < -0.4 is 14.8 Å². The van der Waals surface area contributed by atoms with Gasteiger partial charge in [-0.05, 0) is 36.2 Å². The molecule has 1 saturated heterocycles. The molecule has 0 unspecified atom stereocenters. The number of thioether (sulfide) groups is 1. The van der Waals surface area contributed by atoms with Crippen molar-refractivity contribution in [3.63, 3.8) is 0 Å². The monoisotopic (exact) mass is 360 g/mol. The van der Waals surface area contributed by atoms with Gasteiger partial charge in [-0.15, -0.1) is 11.8 Å². The summed E-state index contributed by atoms with van der Waals surface area (Å²) in [4.78, 5) is 14.4. The molecule has 1 aromatic heterocycles. The Morgan fingerprint density at radius 2 is 2.16 bits per heavy atom. The Hall–Kier alpha value is -2.28. The van der Waals surface area contributed by atoms with Crippen LogP contribution in [0.5, 0.6) is 11.5 Å². The first-order chi connectivity index (χ1) is 12.3. The summed E-state index contributed by atoms with van der Waals surface area (Å²) in [6.07, 6.45) is 2.60. The van der Waals surface area contributed by atoms with Gasteiger partial charge in [0, 0.05) is 25.4 Å². The number of hydrogen-bond donors (Lipinski definition) is 1. The molecular formula is C18H20N2O4S. The second-order valence-electron chi connectivity index (χ2n) is 6.00. The molecular weight excluding hydrogens is 340 g/mol. The minimum atomic E-state index is -0.0293. The van der Waals surface area contributed by atoms with E-state index in [9.17, 15) is 4.79 Å². The lowest BCUT2D eigenvalue weighted by atomic mass is 10.2. The van der Waals surface area contributed by atoms with Crippen LogP contribution in [-0.4, -0.2) is 36.6 Å². The Labute approximate surface area is 150 Å². The first kappa shape index (κ1) is 16.2. The van der Waals surface area contributed by atoms with Gasteiger partial charge in [-0.3, -0.25) is 0 Å². The molecule has 7 heteroatoms. The van der Waals surface area contributed by atoms with Crippen LogP contribution in [0, 0.1) is 0 Å². The predicted octanol–water partition coefficient (Wildman–Crippen LogP) is 3.40. The second kappa shape index (κ2) is 7.31. The quantitative estimate of drug-likeness (QED) is 0.909. The zero-order valence-corrected chi connectivity index (χ0v) is 14.6. The number of furan rings is 1. The summed E-state index contributed by atoms with van der Waals surface area (Å²) in [6.45, 7) is 2.20. The molecule has 4 rings (SSSR count). The maximum Gasteiger partial charge on any atom is 0.317 e. The SMILES string of the molecule is O=C(NCc1ccc2c(c1)OCO2)N1CCS[C@@H](c2ccco2)CC1. The van der Waals surface area contributed by atoms with Crippen molar-refractivity contribution in [1.29, 1.82) is 0 Å². The van der Waals surface area contributed by atoms with E-state index in [0.29, 0.717) is 11.8 Å². The van der Waals surface area contributed by atoms with E-state index in [-0.39, 0.29) is 12.8 Å². The van der Waals surface area contributed by atoms with Crippen molar-refractivity contribution in [2.75, 3.05) is 25.6 Å². The lowest BCUT2D eigenvalue weighted by Crippen LogP contribution is -2.40. The average Bonchev–Trinajstić information content (AvgIpc) is 3.27. The summed E-state index contributed by atoms with van der Waals surface area (Å²) < 4.78 is 16.2. The zero-order valence-electron chi connectivity index (χ0n) is 13.8. The number of hydrogen-bond acceptors (Lipinski definition) is 5. The van der Waals surface area contributed by atoms with Gasteiger partial charge in [-0.25, -0.2) is 4.79 Å². The van der Waals surface area contributed by atoms with E-state index in [0.717, 1.165) is 48.1 Å². The smallest absolute Gasteiger partial charge is 0.317 e. The number of ether oxygens (including phenoxy) is 2. The molecule has 1 N–H and O–H groups in total. The third-order valence-corrected chi connectivity index (χ3v) is 5.66. The maximum absolute atomic E-state index is 12.5.